The number of benzene rings is 3. The number of nitrogens with one attached hydrogen (secondary N) is 1. The predicted octanol–water partition coefficient (Wildman–Crippen LogP) is 3.73. The SMILES string of the molecule is O=C1c2cccc3c(Nc4ccc(Cl)cc4)c([N+](=O)[O-])cc(c23)C(=O)N1CCO. The van der Waals surface area contributed by atoms with Crippen LogP contribution in [0.4, 0.5) is 17.1 Å². The number of carbonyl (C=O) groups is 2. The summed E-state index contributed by atoms with van der Waals surface area (Å²) in [6, 6.07) is 12.6. The van der Waals surface area contributed by atoms with Crippen LogP contribution in [0.3, 0.4) is 0 Å². The molecule has 4 rings (SSSR count). The van der Waals surface area contributed by atoms with E-state index in [9.17, 15) is 24.8 Å². The Morgan fingerprint density at radius 2 is 1.76 bits per heavy atom. The van der Waals surface area contributed by atoms with Crippen molar-refractivity contribution in [2.45, 2.75) is 0 Å². The van der Waals surface area contributed by atoms with Gasteiger partial charge in [0.15, 0.2) is 0 Å². The lowest BCUT2D eigenvalue weighted by molar-refractivity contribution is -0.383. The number of nitro groups is 1. The van der Waals surface area contributed by atoms with Crippen LogP contribution >= 0.6 is 11.6 Å². The Labute approximate surface area is 169 Å². The van der Waals surface area contributed by atoms with Crippen molar-refractivity contribution in [3.05, 3.63) is 74.8 Å². The van der Waals surface area contributed by atoms with E-state index in [4.69, 9.17) is 11.6 Å². The molecule has 0 aromatic heterocycles. The second-order valence-electron chi connectivity index (χ2n) is 6.42. The molecule has 29 heavy (non-hydrogen) atoms. The third-order valence-electron chi connectivity index (χ3n) is 4.73. The smallest absolute Gasteiger partial charge is 0.294 e. The highest BCUT2D eigenvalue weighted by Crippen LogP contribution is 2.41. The van der Waals surface area contributed by atoms with Crippen molar-refractivity contribution in [2.24, 2.45) is 0 Å². The number of halogens is 1. The standard InChI is InChI=1S/C20H14ClN3O5/c21-11-4-6-12(7-5-11)22-18-13-2-1-3-14-17(13)15(10-16(18)24(28)29)20(27)23(8-9-25)19(14)26/h1-7,10,22,25H,8-9H2. The third-order valence-corrected chi connectivity index (χ3v) is 4.98. The molecule has 1 aliphatic heterocycles. The van der Waals surface area contributed by atoms with E-state index in [2.05, 4.69) is 5.32 Å². The minimum absolute atomic E-state index is 0.0528. The summed E-state index contributed by atoms with van der Waals surface area (Å²) in [5.74, 6) is -1.22. The zero-order valence-corrected chi connectivity index (χ0v) is 15.6. The quantitative estimate of drug-likeness (QED) is 0.375. The molecular weight excluding hydrogens is 398 g/mol. The summed E-state index contributed by atoms with van der Waals surface area (Å²) >= 11 is 5.90. The Morgan fingerprint density at radius 3 is 2.41 bits per heavy atom. The summed E-state index contributed by atoms with van der Waals surface area (Å²) in [6.45, 7) is -0.590. The molecule has 1 aliphatic rings. The first-order chi connectivity index (χ1) is 13.9. The monoisotopic (exact) mass is 411 g/mol. The number of β-amino-alcohol motifs (C(OH)–C–C–N with tert-alkyl or cyclic N) is 1. The van der Waals surface area contributed by atoms with Crippen LogP contribution < -0.4 is 5.32 Å². The maximum absolute atomic E-state index is 12.8. The van der Waals surface area contributed by atoms with E-state index in [1.54, 1.807) is 42.5 Å². The van der Waals surface area contributed by atoms with E-state index in [1.807, 2.05) is 0 Å². The molecule has 2 N–H and O–H groups in total. The molecular formula is C20H14ClN3O5. The Hall–Kier alpha value is -3.49. The number of nitrogens with zero attached hydrogens (tertiary/aromatic N) is 2. The number of aliphatic hydroxyl groups excluding tert-OH is 1. The van der Waals surface area contributed by atoms with Crippen molar-refractivity contribution in [3.63, 3.8) is 0 Å². The first kappa shape index (κ1) is 18.9. The first-order valence-corrected chi connectivity index (χ1v) is 9.04. The van der Waals surface area contributed by atoms with Gasteiger partial charge in [0.25, 0.3) is 17.5 Å². The molecule has 0 spiro atoms. The van der Waals surface area contributed by atoms with E-state index in [0.29, 0.717) is 21.5 Å². The van der Waals surface area contributed by atoms with Crippen molar-refractivity contribution in [1.82, 2.24) is 4.90 Å². The van der Waals surface area contributed by atoms with E-state index in [-0.39, 0.29) is 29.0 Å². The Kier molecular flexibility index (Phi) is 4.65. The van der Waals surface area contributed by atoms with E-state index in [1.165, 1.54) is 6.07 Å². The molecule has 0 saturated heterocycles. The summed E-state index contributed by atoms with van der Waals surface area (Å²) in [7, 11) is 0. The van der Waals surface area contributed by atoms with Crippen LogP contribution in [0.1, 0.15) is 20.7 Å². The van der Waals surface area contributed by atoms with Gasteiger partial charge >= 0.3 is 0 Å². The molecule has 0 atom stereocenters. The lowest BCUT2D eigenvalue weighted by Crippen LogP contribution is -2.42. The largest absolute Gasteiger partial charge is 0.395 e. The van der Waals surface area contributed by atoms with Gasteiger partial charge in [0.2, 0.25) is 0 Å². The molecule has 8 nitrogen and oxygen atoms in total. The Morgan fingerprint density at radius 1 is 1.07 bits per heavy atom. The van der Waals surface area contributed by atoms with Crippen molar-refractivity contribution in [2.75, 3.05) is 18.5 Å². The van der Waals surface area contributed by atoms with Crippen LogP contribution in [-0.4, -0.2) is 39.9 Å². The summed E-state index contributed by atoms with van der Waals surface area (Å²) in [5, 5.41) is 25.2. The molecule has 2 amide bonds. The molecule has 0 radical (unpaired) electrons. The van der Waals surface area contributed by atoms with Gasteiger partial charge in [0.05, 0.1) is 23.6 Å². The summed E-state index contributed by atoms with van der Waals surface area (Å²) in [4.78, 5) is 37.7. The minimum atomic E-state index is -0.672. The maximum atomic E-state index is 12.8. The average Bonchev–Trinajstić information content (AvgIpc) is 2.71. The molecule has 0 saturated carbocycles. The summed E-state index contributed by atoms with van der Waals surface area (Å²) in [6.07, 6.45) is 0. The lowest BCUT2D eigenvalue weighted by atomic mass is 9.92. The van der Waals surface area contributed by atoms with Crippen LogP contribution in [-0.2, 0) is 0 Å². The van der Waals surface area contributed by atoms with Crippen LogP contribution in [0.15, 0.2) is 48.5 Å². The van der Waals surface area contributed by atoms with Crippen LogP contribution in [0.2, 0.25) is 5.02 Å². The van der Waals surface area contributed by atoms with Gasteiger partial charge in [0.1, 0.15) is 5.69 Å². The fourth-order valence-corrected chi connectivity index (χ4v) is 3.58. The number of nitro benzene ring substituents is 1. The second kappa shape index (κ2) is 7.16. The molecule has 146 valence electrons. The van der Waals surface area contributed by atoms with Crippen LogP contribution in [0.5, 0.6) is 0 Å². The number of hydrogen-bond donors (Lipinski definition) is 2. The third kappa shape index (κ3) is 3.08. The summed E-state index contributed by atoms with van der Waals surface area (Å²) in [5.41, 5.74) is 0.741. The highest BCUT2D eigenvalue weighted by molar-refractivity contribution is 6.30. The number of amides is 2. The number of carbonyl (C=O) groups excluding carboxylic acids is 2. The van der Waals surface area contributed by atoms with Crippen molar-refractivity contribution in [3.8, 4) is 0 Å². The lowest BCUT2D eigenvalue weighted by Gasteiger charge is -2.27. The number of anilines is 2. The fraction of sp³-hybridized carbons (Fsp3) is 0.100. The number of hydrogen-bond acceptors (Lipinski definition) is 6. The number of aliphatic hydroxyl groups is 1. The van der Waals surface area contributed by atoms with Crippen molar-refractivity contribution in [1.29, 1.82) is 0 Å². The van der Waals surface area contributed by atoms with Gasteiger partial charge in [0, 0.05) is 33.1 Å². The maximum Gasteiger partial charge on any atom is 0.294 e. The molecule has 3 aromatic rings. The van der Waals surface area contributed by atoms with Crippen molar-refractivity contribution < 1.29 is 19.6 Å². The summed E-state index contributed by atoms with van der Waals surface area (Å²) < 4.78 is 0. The zero-order chi connectivity index (χ0) is 20.7. The van der Waals surface area contributed by atoms with E-state index in [0.717, 1.165) is 4.90 Å². The first-order valence-electron chi connectivity index (χ1n) is 8.66. The van der Waals surface area contributed by atoms with Gasteiger partial charge in [-0.1, -0.05) is 23.7 Å². The molecule has 0 fully saturated rings. The molecule has 9 heteroatoms. The number of imide groups is 1. The molecule has 0 bridgehead atoms. The van der Waals surface area contributed by atoms with Gasteiger partial charge in [-0.3, -0.25) is 24.6 Å². The zero-order valence-electron chi connectivity index (χ0n) is 14.9. The van der Waals surface area contributed by atoms with Crippen LogP contribution in [0, 0.1) is 10.1 Å². The highest BCUT2D eigenvalue weighted by Gasteiger charge is 2.35. The number of rotatable bonds is 5. The van der Waals surface area contributed by atoms with Gasteiger partial charge in [-0.05, 0) is 30.3 Å². The normalized spacial score (nSPS) is 13.1. The minimum Gasteiger partial charge on any atom is -0.395 e. The highest BCUT2D eigenvalue weighted by atomic mass is 35.5. The second-order valence-corrected chi connectivity index (χ2v) is 6.86. The molecule has 3 aromatic carbocycles. The van der Waals surface area contributed by atoms with Crippen LogP contribution in [0.25, 0.3) is 10.8 Å². The van der Waals surface area contributed by atoms with Crippen molar-refractivity contribution >= 4 is 51.2 Å². The molecule has 0 unspecified atom stereocenters. The molecule has 0 aliphatic carbocycles. The van der Waals surface area contributed by atoms with Gasteiger partial charge < -0.3 is 10.4 Å². The predicted molar refractivity (Wildman–Crippen MR) is 108 cm³/mol. The average molecular weight is 412 g/mol. The van der Waals surface area contributed by atoms with Gasteiger partial charge in [-0.15, -0.1) is 0 Å². The van der Waals surface area contributed by atoms with E-state index < -0.39 is 23.3 Å². The van der Waals surface area contributed by atoms with Gasteiger partial charge in [-0.2, -0.15) is 0 Å². The fourth-order valence-electron chi connectivity index (χ4n) is 3.46. The molecule has 1 heterocycles. The van der Waals surface area contributed by atoms with E-state index >= 15 is 0 Å². The van der Waals surface area contributed by atoms with Gasteiger partial charge in [-0.25, -0.2) is 0 Å². The topological polar surface area (TPSA) is 113 Å². The Balaban J connectivity index is 1.98. The Bertz CT molecular complexity index is 1180.